The standard InChI is InChI=1S/C14H13N3O4/c1-19-12-4-10(14(18)21-3)11(5-13(12)20-2)17-8-9(6-15)7-16/h4-5,8,17H,1-3H3. The fourth-order valence-electron chi connectivity index (χ4n) is 1.52. The molecular weight excluding hydrogens is 274 g/mol. The summed E-state index contributed by atoms with van der Waals surface area (Å²) < 4.78 is 14.9. The van der Waals surface area contributed by atoms with Crippen LogP contribution in [0.2, 0.25) is 0 Å². The minimum Gasteiger partial charge on any atom is -0.493 e. The van der Waals surface area contributed by atoms with E-state index in [-0.39, 0.29) is 11.1 Å². The van der Waals surface area contributed by atoms with Crippen molar-refractivity contribution in [1.29, 1.82) is 10.5 Å². The third-order valence-corrected chi connectivity index (χ3v) is 2.54. The second-order valence-corrected chi connectivity index (χ2v) is 3.67. The molecule has 108 valence electrons. The summed E-state index contributed by atoms with van der Waals surface area (Å²) in [6, 6.07) is 6.35. The van der Waals surface area contributed by atoms with Crippen molar-refractivity contribution >= 4 is 11.7 Å². The Labute approximate surface area is 121 Å². The van der Waals surface area contributed by atoms with Gasteiger partial charge < -0.3 is 19.5 Å². The van der Waals surface area contributed by atoms with Crippen molar-refractivity contribution in [2.45, 2.75) is 0 Å². The Hall–Kier alpha value is -3.19. The van der Waals surface area contributed by atoms with Gasteiger partial charge in [0.1, 0.15) is 17.7 Å². The summed E-state index contributed by atoms with van der Waals surface area (Å²) in [4.78, 5) is 11.8. The van der Waals surface area contributed by atoms with Gasteiger partial charge in [-0.2, -0.15) is 10.5 Å². The first-order chi connectivity index (χ1) is 10.1. The number of ether oxygens (including phenoxy) is 3. The second-order valence-electron chi connectivity index (χ2n) is 3.67. The topological polar surface area (TPSA) is 104 Å². The van der Waals surface area contributed by atoms with Crippen LogP contribution in [0.5, 0.6) is 11.5 Å². The molecule has 0 aliphatic carbocycles. The van der Waals surface area contributed by atoms with Gasteiger partial charge >= 0.3 is 5.97 Å². The molecule has 1 aromatic rings. The quantitative estimate of drug-likeness (QED) is 0.650. The van der Waals surface area contributed by atoms with Crippen LogP contribution in [0.3, 0.4) is 0 Å². The van der Waals surface area contributed by atoms with Crippen LogP contribution in [0, 0.1) is 22.7 Å². The summed E-state index contributed by atoms with van der Waals surface area (Å²) in [5.74, 6) is 0.145. The molecule has 21 heavy (non-hydrogen) atoms. The van der Waals surface area contributed by atoms with Crippen molar-refractivity contribution in [3.05, 3.63) is 29.5 Å². The fraction of sp³-hybridized carbons (Fsp3) is 0.214. The average molecular weight is 287 g/mol. The Morgan fingerprint density at radius 2 is 1.71 bits per heavy atom. The highest BCUT2D eigenvalue weighted by Gasteiger charge is 2.17. The predicted octanol–water partition coefficient (Wildman–Crippen LogP) is 1.83. The number of methoxy groups -OCH3 is 3. The number of hydrogen-bond donors (Lipinski definition) is 1. The van der Waals surface area contributed by atoms with E-state index < -0.39 is 5.97 Å². The number of rotatable bonds is 5. The van der Waals surface area contributed by atoms with E-state index in [1.54, 1.807) is 12.1 Å². The third kappa shape index (κ3) is 3.64. The summed E-state index contributed by atoms with van der Waals surface area (Å²) in [6.07, 6.45) is 1.19. The molecule has 1 aromatic carbocycles. The number of allylic oxidation sites excluding steroid dienone is 1. The monoisotopic (exact) mass is 287 g/mol. The molecule has 0 unspecified atom stereocenters. The van der Waals surface area contributed by atoms with E-state index >= 15 is 0 Å². The molecule has 0 aliphatic heterocycles. The fourth-order valence-corrected chi connectivity index (χ4v) is 1.52. The number of esters is 1. The Morgan fingerprint density at radius 1 is 1.14 bits per heavy atom. The third-order valence-electron chi connectivity index (χ3n) is 2.54. The molecule has 0 heterocycles. The lowest BCUT2D eigenvalue weighted by Gasteiger charge is -2.13. The van der Waals surface area contributed by atoms with Gasteiger partial charge in [-0.1, -0.05) is 0 Å². The van der Waals surface area contributed by atoms with Crippen LogP contribution in [0.4, 0.5) is 5.69 Å². The van der Waals surface area contributed by atoms with E-state index in [9.17, 15) is 4.79 Å². The first-order valence-electron chi connectivity index (χ1n) is 5.72. The minimum absolute atomic E-state index is 0.138. The van der Waals surface area contributed by atoms with Crippen molar-refractivity contribution in [3.63, 3.8) is 0 Å². The maximum absolute atomic E-state index is 11.8. The first kappa shape index (κ1) is 15.9. The lowest BCUT2D eigenvalue weighted by Crippen LogP contribution is -2.07. The molecule has 0 radical (unpaired) electrons. The van der Waals surface area contributed by atoms with E-state index in [0.29, 0.717) is 17.2 Å². The van der Waals surface area contributed by atoms with Crippen LogP contribution < -0.4 is 14.8 Å². The predicted molar refractivity (Wildman–Crippen MR) is 73.8 cm³/mol. The van der Waals surface area contributed by atoms with Crippen LogP contribution in [-0.4, -0.2) is 27.3 Å². The molecule has 0 spiro atoms. The van der Waals surface area contributed by atoms with E-state index in [2.05, 4.69) is 10.1 Å². The van der Waals surface area contributed by atoms with Crippen LogP contribution in [0.25, 0.3) is 0 Å². The smallest absolute Gasteiger partial charge is 0.340 e. The number of nitrogens with one attached hydrogen (secondary N) is 1. The molecule has 1 N–H and O–H groups in total. The molecular formula is C14H13N3O4. The largest absolute Gasteiger partial charge is 0.493 e. The van der Waals surface area contributed by atoms with E-state index in [1.807, 2.05) is 0 Å². The molecule has 0 amide bonds. The van der Waals surface area contributed by atoms with Crippen LogP contribution >= 0.6 is 0 Å². The number of nitrogens with zero attached hydrogens (tertiary/aromatic N) is 2. The summed E-state index contributed by atoms with van der Waals surface area (Å²) in [5, 5.41) is 20.1. The van der Waals surface area contributed by atoms with Crippen LogP contribution in [-0.2, 0) is 4.74 Å². The van der Waals surface area contributed by atoms with Crippen molar-refractivity contribution in [3.8, 4) is 23.6 Å². The Bertz CT molecular complexity index is 637. The van der Waals surface area contributed by atoms with E-state index in [0.717, 1.165) is 0 Å². The Kier molecular flexibility index (Phi) is 5.60. The molecule has 0 saturated carbocycles. The highest BCUT2D eigenvalue weighted by atomic mass is 16.5. The van der Waals surface area contributed by atoms with Gasteiger partial charge in [-0.05, 0) is 0 Å². The SMILES string of the molecule is COC(=O)c1cc(OC)c(OC)cc1NC=C(C#N)C#N. The number of hydrogen-bond acceptors (Lipinski definition) is 7. The lowest BCUT2D eigenvalue weighted by molar-refractivity contribution is 0.0601. The normalized spacial score (nSPS) is 8.81. The molecule has 0 fully saturated rings. The van der Waals surface area contributed by atoms with Crippen molar-refractivity contribution < 1.29 is 19.0 Å². The van der Waals surface area contributed by atoms with Gasteiger partial charge in [-0.3, -0.25) is 0 Å². The van der Waals surface area contributed by atoms with Gasteiger partial charge in [-0.25, -0.2) is 4.79 Å². The van der Waals surface area contributed by atoms with Crippen molar-refractivity contribution in [1.82, 2.24) is 0 Å². The number of carbonyl (C=O) groups excluding carboxylic acids is 1. The summed E-state index contributed by atoms with van der Waals surface area (Å²) in [6.45, 7) is 0. The average Bonchev–Trinajstić information content (AvgIpc) is 2.54. The van der Waals surface area contributed by atoms with Gasteiger partial charge in [-0.15, -0.1) is 0 Å². The number of benzene rings is 1. The number of carbonyl (C=O) groups is 1. The number of nitriles is 2. The van der Waals surface area contributed by atoms with Crippen molar-refractivity contribution in [2.75, 3.05) is 26.6 Å². The zero-order valence-electron chi connectivity index (χ0n) is 11.8. The van der Waals surface area contributed by atoms with Gasteiger partial charge in [0, 0.05) is 18.3 Å². The van der Waals surface area contributed by atoms with Gasteiger partial charge in [0.2, 0.25) is 0 Å². The van der Waals surface area contributed by atoms with Gasteiger partial charge in [0.05, 0.1) is 32.6 Å². The molecule has 0 aromatic heterocycles. The maximum Gasteiger partial charge on any atom is 0.340 e. The molecule has 0 bridgehead atoms. The summed E-state index contributed by atoms with van der Waals surface area (Å²) >= 11 is 0. The second kappa shape index (κ2) is 7.41. The van der Waals surface area contributed by atoms with Crippen LogP contribution in [0.1, 0.15) is 10.4 Å². The lowest BCUT2D eigenvalue weighted by atomic mass is 10.1. The zero-order valence-corrected chi connectivity index (χ0v) is 11.8. The molecule has 7 heteroatoms. The molecule has 1 rings (SSSR count). The van der Waals surface area contributed by atoms with Crippen molar-refractivity contribution in [2.24, 2.45) is 0 Å². The zero-order chi connectivity index (χ0) is 15.8. The highest BCUT2D eigenvalue weighted by Crippen LogP contribution is 2.33. The summed E-state index contributed by atoms with van der Waals surface area (Å²) in [5.41, 5.74) is 0.365. The van der Waals surface area contributed by atoms with Crippen LogP contribution in [0.15, 0.2) is 23.9 Å². The van der Waals surface area contributed by atoms with E-state index in [1.165, 1.54) is 39.7 Å². The molecule has 0 aliphatic rings. The molecule has 0 saturated heterocycles. The van der Waals surface area contributed by atoms with Gasteiger partial charge in [0.25, 0.3) is 0 Å². The molecule has 0 atom stereocenters. The maximum atomic E-state index is 11.8. The molecule has 7 nitrogen and oxygen atoms in total. The Balaban J connectivity index is 3.34. The van der Waals surface area contributed by atoms with Gasteiger partial charge in [0.15, 0.2) is 11.5 Å². The summed E-state index contributed by atoms with van der Waals surface area (Å²) in [7, 11) is 4.13. The Morgan fingerprint density at radius 3 is 2.19 bits per heavy atom. The van der Waals surface area contributed by atoms with E-state index in [4.69, 9.17) is 20.0 Å². The number of anilines is 1. The first-order valence-corrected chi connectivity index (χ1v) is 5.72. The highest BCUT2D eigenvalue weighted by molar-refractivity contribution is 5.97. The minimum atomic E-state index is -0.595.